The van der Waals surface area contributed by atoms with Gasteiger partial charge >= 0.3 is 12.0 Å². The molecule has 0 radical (unpaired) electrons. The summed E-state index contributed by atoms with van der Waals surface area (Å²) in [4.78, 5) is 23.5. The summed E-state index contributed by atoms with van der Waals surface area (Å²) in [6.07, 6.45) is 0. The number of carboxylic acids is 1. The average Bonchev–Trinajstić information content (AvgIpc) is 2.32. The Morgan fingerprint density at radius 1 is 1.40 bits per heavy atom. The molecule has 0 saturated carbocycles. The maximum atomic E-state index is 13.5. The fourth-order valence-electron chi connectivity index (χ4n) is 1.44. The molecule has 1 aromatic carbocycles. The fourth-order valence-corrected chi connectivity index (χ4v) is 1.84. The van der Waals surface area contributed by atoms with Crippen LogP contribution in [0.4, 0.5) is 19.3 Å². The van der Waals surface area contributed by atoms with E-state index in [9.17, 15) is 18.4 Å². The number of carboxylic acid groups (broad SMARTS) is 1. The van der Waals surface area contributed by atoms with Crippen LogP contribution in [-0.4, -0.2) is 35.6 Å². The molecular weight excluding hydrogens is 338 g/mol. The van der Waals surface area contributed by atoms with E-state index in [0.29, 0.717) is 0 Å². The van der Waals surface area contributed by atoms with Crippen molar-refractivity contribution < 1.29 is 23.5 Å². The third kappa shape index (κ3) is 4.16. The molecule has 0 aromatic heterocycles. The summed E-state index contributed by atoms with van der Waals surface area (Å²) in [6, 6.07) is 1.23. The molecule has 0 aliphatic rings. The summed E-state index contributed by atoms with van der Waals surface area (Å²) in [7, 11) is 1.34. The summed E-state index contributed by atoms with van der Waals surface area (Å²) in [5, 5.41) is 10.8. The Morgan fingerprint density at radius 2 is 1.90 bits per heavy atom. The van der Waals surface area contributed by atoms with Crippen molar-refractivity contribution >= 4 is 33.6 Å². The van der Waals surface area contributed by atoms with Gasteiger partial charge in [0.25, 0.3) is 0 Å². The van der Waals surface area contributed by atoms with Crippen molar-refractivity contribution in [3.63, 3.8) is 0 Å². The van der Waals surface area contributed by atoms with Gasteiger partial charge < -0.3 is 15.3 Å². The third-order valence-corrected chi connectivity index (χ3v) is 3.01. The number of anilines is 1. The molecule has 0 aliphatic heterocycles. The number of halogens is 3. The van der Waals surface area contributed by atoms with Gasteiger partial charge in [0.2, 0.25) is 0 Å². The van der Waals surface area contributed by atoms with E-state index in [1.165, 1.54) is 14.0 Å². The van der Waals surface area contributed by atoms with Gasteiger partial charge in [-0.1, -0.05) is 22.9 Å². The molecule has 5 nitrogen and oxygen atoms in total. The molecule has 0 saturated heterocycles. The largest absolute Gasteiger partial charge is 0.481 e. The van der Waals surface area contributed by atoms with Crippen LogP contribution in [0, 0.1) is 17.6 Å². The molecule has 0 aliphatic carbocycles. The molecule has 1 aromatic rings. The number of benzene rings is 1. The van der Waals surface area contributed by atoms with Crippen LogP contribution in [0.15, 0.2) is 16.6 Å². The van der Waals surface area contributed by atoms with Gasteiger partial charge in [-0.05, 0) is 12.1 Å². The van der Waals surface area contributed by atoms with Crippen LogP contribution in [0.2, 0.25) is 0 Å². The monoisotopic (exact) mass is 350 g/mol. The lowest BCUT2D eigenvalue weighted by atomic mass is 10.2. The van der Waals surface area contributed by atoms with E-state index < -0.39 is 35.2 Å². The Bertz CT molecular complexity index is 516. The van der Waals surface area contributed by atoms with Crippen molar-refractivity contribution in [3.05, 3.63) is 28.2 Å². The molecule has 1 unspecified atom stereocenters. The third-order valence-electron chi connectivity index (χ3n) is 2.55. The number of rotatable bonds is 4. The zero-order valence-electron chi connectivity index (χ0n) is 10.8. The van der Waals surface area contributed by atoms with Crippen molar-refractivity contribution in [2.45, 2.75) is 6.92 Å². The Labute approximate surface area is 122 Å². The highest BCUT2D eigenvalue weighted by Gasteiger charge is 2.20. The first-order valence-electron chi connectivity index (χ1n) is 5.61. The molecule has 0 fully saturated rings. The second kappa shape index (κ2) is 6.65. The number of hydrogen-bond donors (Lipinski definition) is 2. The number of carbonyl (C=O) groups is 2. The normalized spacial score (nSPS) is 11.8. The van der Waals surface area contributed by atoms with Crippen molar-refractivity contribution in [3.8, 4) is 0 Å². The molecular formula is C12H13BrF2N2O3. The molecule has 1 atom stereocenters. The van der Waals surface area contributed by atoms with E-state index in [1.807, 2.05) is 0 Å². The SMILES string of the molecule is CC(CN(C)C(=O)Nc1c(F)cc(Br)cc1F)C(=O)O. The van der Waals surface area contributed by atoms with E-state index in [-0.39, 0.29) is 11.0 Å². The molecule has 2 N–H and O–H groups in total. The van der Waals surface area contributed by atoms with E-state index in [0.717, 1.165) is 17.0 Å². The molecule has 1 rings (SSSR count). The van der Waals surface area contributed by atoms with E-state index in [2.05, 4.69) is 21.2 Å². The second-order valence-electron chi connectivity index (χ2n) is 4.29. The van der Waals surface area contributed by atoms with Gasteiger partial charge in [-0.3, -0.25) is 4.79 Å². The molecule has 20 heavy (non-hydrogen) atoms. The fraction of sp³-hybridized carbons (Fsp3) is 0.333. The first kappa shape index (κ1) is 16.4. The number of carbonyl (C=O) groups excluding carboxylic acids is 1. The topological polar surface area (TPSA) is 69.6 Å². The smallest absolute Gasteiger partial charge is 0.321 e. The summed E-state index contributed by atoms with van der Waals surface area (Å²) in [5.74, 6) is -3.70. The van der Waals surface area contributed by atoms with Crippen LogP contribution in [0.1, 0.15) is 6.92 Å². The second-order valence-corrected chi connectivity index (χ2v) is 5.21. The molecule has 0 spiro atoms. The predicted octanol–water partition coefficient (Wildman–Crippen LogP) is 2.91. The van der Waals surface area contributed by atoms with Crippen LogP contribution in [0.3, 0.4) is 0 Å². The zero-order valence-corrected chi connectivity index (χ0v) is 12.4. The van der Waals surface area contributed by atoms with Crippen LogP contribution in [0.25, 0.3) is 0 Å². The van der Waals surface area contributed by atoms with Crippen molar-refractivity contribution in [2.24, 2.45) is 5.92 Å². The number of nitrogens with zero attached hydrogens (tertiary/aromatic N) is 1. The minimum absolute atomic E-state index is 0.0824. The van der Waals surface area contributed by atoms with E-state index >= 15 is 0 Å². The van der Waals surface area contributed by atoms with Crippen LogP contribution in [-0.2, 0) is 4.79 Å². The highest BCUT2D eigenvalue weighted by atomic mass is 79.9. The van der Waals surface area contributed by atoms with Gasteiger partial charge in [0.15, 0.2) is 11.6 Å². The lowest BCUT2D eigenvalue weighted by molar-refractivity contribution is -0.141. The first-order valence-corrected chi connectivity index (χ1v) is 6.41. The lowest BCUT2D eigenvalue weighted by Gasteiger charge is -2.20. The van der Waals surface area contributed by atoms with Gasteiger partial charge in [0.1, 0.15) is 5.69 Å². The maximum Gasteiger partial charge on any atom is 0.321 e. The molecule has 8 heteroatoms. The Morgan fingerprint density at radius 3 is 2.35 bits per heavy atom. The summed E-state index contributed by atoms with van der Waals surface area (Å²) in [6.45, 7) is 1.34. The van der Waals surface area contributed by atoms with Gasteiger partial charge in [-0.25, -0.2) is 13.6 Å². The Balaban J connectivity index is 2.78. The van der Waals surface area contributed by atoms with Crippen LogP contribution >= 0.6 is 15.9 Å². The number of nitrogens with one attached hydrogen (secondary N) is 1. The highest BCUT2D eigenvalue weighted by Crippen LogP contribution is 2.24. The van der Waals surface area contributed by atoms with Crippen molar-refractivity contribution in [2.75, 3.05) is 18.9 Å². The molecule has 2 amide bonds. The lowest BCUT2D eigenvalue weighted by Crippen LogP contribution is -2.37. The summed E-state index contributed by atoms with van der Waals surface area (Å²) in [5.41, 5.74) is -0.576. The zero-order chi connectivity index (χ0) is 15.4. The number of hydrogen-bond acceptors (Lipinski definition) is 2. The minimum atomic E-state index is -1.06. The number of urea groups is 1. The molecule has 0 bridgehead atoms. The molecule has 0 heterocycles. The van der Waals surface area contributed by atoms with Crippen molar-refractivity contribution in [1.82, 2.24) is 4.90 Å². The van der Waals surface area contributed by atoms with Gasteiger partial charge in [0.05, 0.1) is 5.92 Å². The van der Waals surface area contributed by atoms with Crippen LogP contribution in [0.5, 0.6) is 0 Å². The highest BCUT2D eigenvalue weighted by molar-refractivity contribution is 9.10. The Hall–Kier alpha value is -1.70. The van der Waals surface area contributed by atoms with Gasteiger partial charge in [-0.2, -0.15) is 0 Å². The number of amides is 2. The molecule has 110 valence electrons. The van der Waals surface area contributed by atoms with E-state index in [4.69, 9.17) is 5.11 Å². The van der Waals surface area contributed by atoms with Gasteiger partial charge in [0, 0.05) is 18.1 Å². The average molecular weight is 351 g/mol. The van der Waals surface area contributed by atoms with Gasteiger partial charge in [-0.15, -0.1) is 0 Å². The predicted molar refractivity (Wildman–Crippen MR) is 72.5 cm³/mol. The Kier molecular flexibility index (Phi) is 5.43. The summed E-state index contributed by atoms with van der Waals surface area (Å²) < 4.78 is 27.3. The quantitative estimate of drug-likeness (QED) is 0.876. The minimum Gasteiger partial charge on any atom is -0.481 e. The standard InChI is InChI=1S/C12H13BrF2N2O3/c1-6(11(18)19)5-17(2)12(20)16-10-8(14)3-7(13)4-9(10)15/h3-4,6H,5H2,1-2H3,(H,16,20)(H,18,19). The maximum absolute atomic E-state index is 13.5. The van der Waals surface area contributed by atoms with Crippen LogP contribution < -0.4 is 5.32 Å². The van der Waals surface area contributed by atoms with Crippen molar-refractivity contribution in [1.29, 1.82) is 0 Å². The first-order chi connectivity index (χ1) is 9.22. The van der Waals surface area contributed by atoms with E-state index in [1.54, 1.807) is 0 Å². The summed E-state index contributed by atoms with van der Waals surface area (Å²) >= 11 is 2.92. The number of aliphatic carboxylic acids is 1.